The molecule has 0 aromatic heterocycles. The van der Waals surface area contributed by atoms with E-state index >= 15 is 0 Å². The average Bonchev–Trinajstić information content (AvgIpc) is 2.72. The summed E-state index contributed by atoms with van der Waals surface area (Å²) in [5, 5.41) is 16.1. The monoisotopic (exact) mass is 392 g/mol. The molecule has 1 N–H and O–H groups in total. The third kappa shape index (κ3) is 4.15. The lowest BCUT2D eigenvalue weighted by atomic mass is 9.75. The van der Waals surface area contributed by atoms with Crippen molar-refractivity contribution >= 4 is 6.03 Å². The van der Waals surface area contributed by atoms with Crippen molar-refractivity contribution in [2.24, 2.45) is 5.11 Å². The molecule has 1 heterocycles. The van der Waals surface area contributed by atoms with E-state index in [0.29, 0.717) is 6.54 Å². The highest BCUT2D eigenvalue weighted by atomic mass is 19.1. The van der Waals surface area contributed by atoms with E-state index < -0.39 is 12.1 Å². The minimum atomic E-state index is -0.647. The molecule has 7 nitrogen and oxygen atoms in total. The van der Waals surface area contributed by atoms with Crippen LogP contribution in [0.1, 0.15) is 24.8 Å². The minimum absolute atomic E-state index is 0.0878. The van der Waals surface area contributed by atoms with Gasteiger partial charge in [0.2, 0.25) is 0 Å². The molecule has 2 aromatic carbocycles. The molecule has 2 aromatic rings. The predicted molar refractivity (Wildman–Crippen MR) is 107 cm³/mol. The first kappa shape index (κ1) is 20.2. The van der Waals surface area contributed by atoms with E-state index in [2.05, 4.69) is 21.4 Å². The average molecular weight is 392 g/mol. The fraction of sp³-hybridized carbons (Fsp3) is 0.333. The normalized spacial score (nSPS) is 20.2. The van der Waals surface area contributed by atoms with Gasteiger partial charge in [0.15, 0.2) is 0 Å². The standard InChI is InChI=1S/C21H21FN6O/c1-2-10-25-21(29)28-18(12-23)20(19(28)13-26-27-24)15-8-6-14(7-9-15)16-4-3-5-17(22)11-16/h3-9,11,18-20H,2,10,13H2,1H3,(H,25,29)/t18-,19-,20+/m1/s1. The second-order valence-electron chi connectivity index (χ2n) is 6.85. The zero-order chi connectivity index (χ0) is 20.8. The van der Waals surface area contributed by atoms with Crippen molar-refractivity contribution in [3.05, 3.63) is 70.4 Å². The van der Waals surface area contributed by atoms with E-state index in [4.69, 9.17) is 5.53 Å². The lowest BCUT2D eigenvalue weighted by Gasteiger charge is -2.51. The summed E-state index contributed by atoms with van der Waals surface area (Å²) in [5.41, 5.74) is 11.2. The minimum Gasteiger partial charge on any atom is -0.338 e. The van der Waals surface area contributed by atoms with Crippen molar-refractivity contribution in [1.29, 1.82) is 5.26 Å². The van der Waals surface area contributed by atoms with Crippen molar-refractivity contribution in [2.45, 2.75) is 31.3 Å². The SMILES string of the molecule is CCCNC(=O)N1[C@H](C#N)[C@H](c2ccc(-c3cccc(F)c3)cc2)[C@H]1CN=[N+]=[N-]. The molecule has 1 saturated heterocycles. The molecule has 0 radical (unpaired) electrons. The summed E-state index contributed by atoms with van der Waals surface area (Å²) < 4.78 is 13.5. The second-order valence-corrected chi connectivity index (χ2v) is 6.85. The van der Waals surface area contributed by atoms with Gasteiger partial charge < -0.3 is 10.2 Å². The maximum Gasteiger partial charge on any atom is 0.318 e. The van der Waals surface area contributed by atoms with Crippen molar-refractivity contribution in [3.8, 4) is 17.2 Å². The Morgan fingerprint density at radius 1 is 1.31 bits per heavy atom. The first-order valence-corrected chi connectivity index (χ1v) is 9.43. The fourth-order valence-corrected chi connectivity index (χ4v) is 3.70. The van der Waals surface area contributed by atoms with Crippen LogP contribution in [0.4, 0.5) is 9.18 Å². The third-order valence-corrected chi connectivity index (χ3v) is 5.09. The van der Waals surface area contributed by atoms with Crippen molar-refractivity contribution < 1.29 is 9.18 Å². The Labute approximate surface area is 168 Å². The van der Waals surface area contributed by atoms with E-state index in [9.17, 15) is 14.4 Å². The van der Waals surface area contributed by atoms with Crippen LogP contribution in [-0.4, -0.2) is 36.1 Å². The van der Waals surface area contributed by atoms with E-state index in [1.165, 1.54) is 17.0 Å². The Bertz CT molecular complexity index is 964. The van der Waals surface area contributed by atoms with Crippen molar-refractivity contribution in [2.75, 3.05) is 13.1 Å². The number of nitrogens with one attached hydrogen (secondary N) is 1. The van der Waals surface area contributed by atoms with Gasteiger partial charge in [-0.3, -0.25) is 0 Å². The summed E-state index contributed by atoms with van der Waals surface area (Å²) >= 11 is 0. The van der Waals surface area contributed by atoms with Gasteiger partial charge in [-0.05, 0) is 40.8 Å². The van der Waals surface area contributed by atoms with Gasteiger partial charge in [-0.15, -0.1) is 0 Å². The number of carbonyl (C=O) groups is 1. The Balaban J connectivity index is 1.86. The van der Waals surface area contributed by atoms with E-state index in [1.54, 1.807) is 6.07 Å². The largest absolute Gasteiger partial charge is 0.338 e. The quantitative estimate of drug-likeness (QED) is 0.441. The summed E-state index contributed by atoms with van der Waals surface area (Å²) in [7, 11) is 0. The van der Waals surface area contributed by atoms with Crippen LogP contribution in [0.25, 0.3) is 21.6 Å². The van der Waals surface area contributed by atoms with Gasteiger partial charge in [-0.2, -0.15) is 5.26 Å². The number of amides is 2. The summed E-state index contributed by atoms with van der Waals surface area (Å²) in [6.45, 7) is 2.54. The fourth-order valence-electron chi connectivity index (χ4n) is 3.70. The van der Waals surface area contributed by atoms with Crippen LogP contribution in [0.2, 0.25) is 0 Å². The van der Waals surface area contributed by atoms with Crippen molar-refractivity contribution in [1.82, 2.24) is 10.2 Å². The van der Waals surface area contributed by atoms with Gasteiger partial charge in [-0.25, -0.2) is 9.18 Å². The van der Waals surface area contributed by atoms with Gasteiger partial charge in [0.1, 0.15) is 11.9 Å². The zero-order valence-electron chi connectivity index (χ0n) is 16.0. The molecular formula is C21H21FN6O. The van der Waals surface area contributed by atoms with Crippen LogP contribution in [-0.2, 0) is 0 Å². The van der Waals surface area contributed by atoms with Gasteiger partial charge >= 0.3 is 6.03 Å². The highest BCUT2D eigenvalue weighted by molar-refractivity contribution is 5.77. The first-order chi connectivity index (χ1) is 14.1. The maximum atomic E-state index is 13.5. The van der Waals surface area contributed by atoms with Gasteiger partial charge in [-0.1, -0.05) is 48.4 Å². The molecule has 3 rings (SSSR count). The number of rotatable bonds is 6. The Morgan fingerprint density at radius 2 is 2.07 bits per heavy atom. The number of carbonyl (C=O) groups excluding carboxylic acids is 1. The number of hydrogen-bond acceptors (Lipinski definition) is 3. The number of nitriles is 1. The lowest BCUT2D eigenvalue weighted by Crippen LogP contribution is -2.67. The Hall–Kier alpha value is -3.56. The lowest BCUT2D eigenvalue weighted by molar-refractivity contribution is 0.0585. The number of benzene rings is 2. The number of halogens is 1. The zero-order valence-corrected chi connectivity index (χ0v) is 16.0. The van der Waals surface area contributed by atoms with Crippen LogP contribution in [0.5, 0.6) is 0 Å². The molecule has 0 saturated carbocycles. The Kier molecular flexibility index (Phi) is 6.32. The number of azide groups is 1. The van der Waals surface area contributed by atoms with Crippen LogP contribution in [0.15, 0.2) is 53.6 Å². The molecule has 3 atom stereocenters. The highest BCUT2D eigenvalue weighted by Crippen LogP contribution is 2.41. The summed E-state index contributed by atoms with van der Waals surface area (Å²) in [6, 6.07) is 14.6. The molecule has 2 amide bonds. The number of urea groups is 1. The van der Waals surface area contributed by atoms with Crippen LogP contribution in [0, 0.1) is 17.1 Å². The smallest absolute Gasteiger partial charge is 0.318 e. The van der Waals surface area contributed by atoms with Crippen LogP contribution < -0.4 is 5.32 Å². The molecule has 0 bridgehead atoms. The predicted octanol–water partition coefficient (Wildman–Crippen LogP) is 4.58. The third-order valence-electron chi connectivity index (χ3n) is 5.09. The number of nitrogens with zero attached hydrogens (tertiary/aromatic N) is 5. The van der Waals surface area contributed by atoms with E-state index in [0.717, 1.165) is 23.1 Å². The van der Waals surface area contributed by atoms with Crippen molar-refractivity contribution in [3.63, 3.8) is 0 Å². The topological polar surface area (TPSA) is 105 Å². The number of hydrogen-bond donors (Lipinski definition) is 1. The summed E-state index contributed by atoms with van der Waals surface area (Å²) in [6.07, 6.45) is 0.781. The molecular weight excluding hydrogens is 371 g/mol. The molecule has 1 aliphatic heterocycles. The number of likely N-dealkylation sites (tertiary alicyclic amines) is 1. The molecule has 0 aliphatic carbocycles. The van der Waals surface area contributed by atoms with Crippen LogP contribution >= 0.6 is 0 Å². The highest BCUT2D eigenvalue weighted by Gasteiger charge is 2.51. The summed E-state index contributed by atoms with van der Waals surface area (Å²) in [4.78, 5) is 16.7. The molecule has 148 valence electrons. The molecule has 0 spiro atoms. The molecule has 1 fully saturated rings. The summed E-state index contributed by atoms with van der Waals surface area (Å²) in [5.74, 6) is -0.572. The van der Waals surface area contributed by atoms with Gasteiger partial charge in [0.05, 0.1) is 12.1 Å². The van der Waals surface area contributed by atoms with E-state index in [-0.39, 0.29) is 24.3 Å². The molecule has 8 heteroatoms. The Morgan fingerprint density at radius 3 is 2.69 bits per heavy atom. The van der Waals surface area contributed by atoms with Crippen LogP contribution in [0.3, 0.4) is 0 Å². The maximum absolute atomic E-state index is 13.5. The molecule has 29 heavy (non-hydrogen) atoms. The molecule has 0 unspecified atom stereocenters. The first-order valence-electron chi connectivity index (χ1n) is 9.43. The second kappa shape index (κ2) is 9.09. The molecule has 1 aliphatic rings. The van der Waals surface area contributed by atoms with Gasteiger partial charge in [0, 0.05) is 23.9 Å². The van der Waals surface area contributed by atoms with E-state index in [1.807, 2.05) is 37.3 Å². The van der Waals surface area contributed by atoms with Gasteiger partial charge in [0.25, 0.3) is 0 Å².